The highest BCUT2D eigenvalue weighted by Gasteiger charge is 2.00. The van der Waals surface area contributed by atoms with Crippen molar-refractivity contribution in [2.24, 2.45) is 0 Å². The van der Waals surface area contributed by atoms with Gasteiger partial charge in [0.1, 0.15) is 12.6 Å². The Morgan fingerprint density at radius 1 is 1.00 bits per heavy atom. The molecule has 0 radical (unpaired) electrons. The predicted octanol–water partition coefficient (Wildman–Crippen LogP) is 1.20. The molecule has 0 aromatic heterocycles. The van der Waals surface area contributed by atoms with Gasteiger partial charge in [0.2, 0.25) is 0 Å². The first-order valence-electron chi connectivity index (χ1n) is 3.33. The molecule has 56 valence electrons. The minimum Gasteiger partial charge on any atom is -0.298 e. The number of hydrogen-bond acceptors (Lipinski definition) is 2. The summed E-state index contributed by atoms with van der Waals surface area (Å²) in [5.41, 5.74) is 1.27. The third kappa shape index (κ3) is 2.00. The van der Waals surface area contributed by atoms with E-state index in [1.807, 2.05) is 0 Å². The second kappa shape index (κ2) is 3.66. The fourth-order valence-electron chi connectivity index (χ4n) is 0.874. The van der Waals surface area contributed by atoms with Crippen LogP contribution in [0.15, 0.2) is 35.5 Å². The van der Waals surface area contributed by atoms with E-state index < -0.39 is 0 Å². The van der Waals surface area contributed by atoms with Crippen LogP contribution in [0.5, 0.6) is 0 Å². The minimum absolute atomic E-state index is 0.444. The molecular formula is C9H8O2. The highest BCUT2D eigenvalue weighted by Crippen LogP contribution is 2.10. The Labute approximate surface area is 64.9 Å². The van der Waals surface area contributed by atoms with E-state index in [9.17, 15) is 9.59 Å². The molecule has 0 fully saturated rings. The van der Waals surface area contributed by atoms with Crippen molar-refractivity contribution in [2.45, 2.75) is 6.42 Å². The van der Waals surface area contributed by atoms with Crippen molar-refractivity contribution in [1.82, 2.24) is 0 Å². The zero-order chi connectivity index (χ0) is 8.10. The lowest BCUT2D eigenvalue weighted by Crippen LogP contribution is -1.88. The van der Waals surface area contributed by atoms with Gasteiger partial charge < -0.3 is 0 Å². The van der Waals surface area contributed by atoms with Crippen molar-refractivity contribution in [3.8, 4) is 0 Å². The molecule has 1 rings (SSSR count). The summed E-state index contributed by atoms with van der Waals surface area (Å²) in [7, 11) is 0. The smallest absolute Gasteiger partial charge is 0.146 e. The van der Waals surface area contributed by atoms with Crippen LogP contribution in [0, 0.1) is 0 Å². The molecule has 0 heterocycles. The van der Waals surface area contributed by atoms with E-state index in [-0.39, 0.29) is 0 Å². The predicted molar refractivity (Wildman–Crippen MR) is 42.1 cm³/mol. The molecule has 1 aliphatic carbocycles. The average Bonchev–Trinajstić information content (AvgIpc) is 2.28. The van der Waals surface area contributed by atoms with Gasteiger partial charge in [-0.25, -0.2) is 0 Å². The maximum absolute atomic E-state index is 10.3. The number of carbonyl (C=O) groups is 2. The van der Waals surface area contributed by atoms with Crippen LogP contribution in [0.3, 0.4) is 0 Å². The molecule has 0 saturated carbocycles. The first kappa shape index (κ1) is 7.66. The first-order valence-corrected chi connectivity index (χ1v) is 3.33. The van der Waals surface area contributed by atoms with Gasteiger partial charge in [0.15, 0.2) is 0 Å². The summed E-state index contributed by atoms with van der Waals surface area (Å²) in [6.07, 6.45) is 8.90. The van der Waals surface area contributed by atoms with Gasteiger partial charge in [0, 0.05) is 6.42 Å². The number of hydrogen-bond donors (Lipinski definition) is 0. The molecule has 11 heavy (non-hydrogen) atoms. The highest BCUT2D eigenvalue weighted by atomic mass is 16.1. The summed E-state index contributed by atoms with van der Waals surface area (Å²) >= 11 is 0. The van der Waals surface area contributed by atoms with E-state index in [2.05, 4.69) is 0 Å². The Morgan fingerprint density at radius 2 is 1.45 bits per heavy atom. The number of carbonyl (C=O) groups excluding carboxylic acids is 2. The maximum Gasteiger partial charge on any atom is 0.146 e. The Hall–Kier alpha value is -1.44. The van der Waals surface area contributed by atoms with Crippen molar-refractivity contribution >= 4 is 12.6 Å². The third-order valence-electron chi connectivity index (χ3n) is 1.44. The van der Waals surface area contributed by atoms with Crippen molar-refractivity contribution in [3.05, 3.63) is 35.5 Å². The van der Waals surface area contributed by atoms with E-state index >= 15 is 0 Å². The maximum atomic E-state index is 10.3. The van der Waals surface area contributed by atoms with Crippen LogP contribution in [0.4, 0.5) is 0 Å². The molecule has 0 aromatic carbocycles. The Kier molecular flexibility index (Phi) is 2.55. The van der Waals surface area contributed by atoms with Crippen LogP contribution in [0.25, 0.3) is 0 Å². The number of aldehydes is 2. The Bertz CT molecular complexity index is 231. The molecule has 0 amide bonds. The van der Waals surface area contributed by atoms with Crippen molar-refractivity contribution in [3.63, 3.8) is 0 Å². The van der Waals surface area contributed by atoms with Gasteiger partial charge in [-0.2, -0.15) is 0 Å². The van der Waals surface area contributed by atoms with Crippen molar-refractivity contribution in [1.29, 1.82) is 0 Å². The normalized spacial score (nSPS) is 16.4. The fraction of sp³-hybridized carbons (Fsp3) is 0.111. The van der Waals surface area contributed by atoms with Gasteiger partial charge in [0.05, 0.1) is 0 Å². The zero-order valence-corrected chi connectivity index (χ0v) is 5.99. The van der Waals surface area contributed by atoms with Crippen LogP contribution < -0.4 is 0 Å². The summed E-state index contributed by atoms with van der Waals surface area (Å²) in [6.45, 7) is 0. The van der Waals surface area contributed by atoms with Gasteiger partial charge in [-0.1, -0.05) is 24.3 Å². The summed E-state index contributed by atoms with van der Waals surface area (Å²) in [4.78, 5) is 20.7. The lowest BCUT2D eigenvalue weighted by Gasteiger charge is -1.93. The van der Waals surface area contributed by atoms with E-state index in [4.69, 9.17) is 0 Å². The molecule has 0 aliphatic heterocycles. The summed E-state index contributed by atoms with van der Waals surface area (Å²) in [6, 6.07) is 0. The van der Waals surface area contributed by atoms with Gasteiger partial charge in [-0.3, -0.25) is 9.59 Å². The van der Waals surface area contributed by atoms with E-state index in [1.165, 1.54) is 0 Å². The second-order valence-electron chi connectivity index (χ2n) is 2.28. The van der Waals surface area contributed by atoms with Crippen LogP contribution in [0.2, 0.25) is 0 Å². The van der Waals surface area contributed by atoms with Gasteiger partial charge in [-0.05, 0) is 11.1 Å². The first-order chi connectivity index (χ1) is 5.36. The Morgan fingerprint density at radius 3 is 1.82 bits per heavy atom. The van der Waals surface area contributed by atoms with E-state index in [0.29, 0.717) is 17.6 Å². The number of allylic oxidation sites excluding steroid dienone is 6. The Balaban J connectivity index is 2.85. The van der Waals surface area contributed by atoms with Gasteiger partial charge >= 0.3 is 0 Å². The van der Waals surface area contributed by atoms with Crippen LogP contribution in [-0.2, 0) is 9.59 Å². The molecule has 0 spiro atoms. The molecule has 0 atom stereocenters. The van der Waals surface area contributed by atoms with Crippen molar-refractivity contribution < 1.29 is 9.59 Å². The molecule has 0 saturated heterocycles. The van der Waals surface area contributed by atoms with E-state index in [1.54, 1.807) is 24.3 Å². The molecule has 0 bridgehead atoms. The second-order valence-corrected chi connectivity index (χ2v) is 2.28. The standard InChI is InChI=1S/C9H8O2/c10-6-8-3-1-2-4-9(5-8)7-11/h1-4,6-7H,5H2. The molecule has 2 heteroatoms. The summed E-state index contributed by atoms with van der Waals surface area (Å²) in [5.74, 6) is 0. The molecular weight excluding hydrogens is 140 g/mol. The summed E-state index contributed by atoms with van der Waals surface area (Å²) < 4.78 is 0. The SMILES string of the molecule is O=CC1=CC=CC=C(C=O)C1. The fourth-order valence-corrected chi connectivity index (χ4v) is 0.874. The zero-order valence-electron chi connectivity index (χ0n) is 5.99. The van der Waals surface area contributed by atoms with Gasteiger partial charge in [-0.15, -0.1) is 0 Å². The van der Waals surface area contributed by atoms with E-state index in [0.717, 1.165) is 12.6 Å². The van der Waals surface area contributed by atoms with Gasteiger partial charge in [0.25, 0.3) is 0 Å². The van der Waals surface area contributed by atoms with Crippen LogP contribution >= 0.6 is 0 Å². The average molecular weight is 148 g/mol. The molecule has 2 nitrogen and oxygen atoms in total. The highest BCUT2D eigenvalue weighted by molar-refractivity contribution is 5.82. The lowest BCUT2D eigenvalue weighted by atomic mass is 10.1. The molecule has 0 N–H and O–H groups in total. The minimum atomic E-state index is 0.444. The third-order valence-corrected chi connectivity index (χ3v) is 1.44. The summed E-state index contributed by atoms with van der Waals surface area (Å²) in [5, 5.41) is 0. The number of rotatable bonds is 2. The molecule has 1 aliphatic rings. The lowest BCUT2D eigenvalue weighted by molar-refractivity contribution is -0.105. The van der Waals surface area contributed by atoms with Crippen LogP contribution in [0.1, 0.15) is 6.42 Å². The van der Waals surface area contributed by atoms with Crippen LogP contribution in [-0.4, -0.2) is 12.6 Å². The monoisotopic (exact) mass is 148 g/mol. The largest absolute Gasteiger partial charge is 0.298 e. The molecule has 0 aromatic rings. The topological polar surface area (TPSA) is 34.1 Å². The van der Waals surface area contributed by atoms with Crippen molar-refractivity contribution in [2.75, 3.05) is 0 Å². The molecule has 0 unspecified atom stereocenters. The quantitative estimate of drug-likeness (QED) is 0.551.